The van der Waals surface area contributed by atoms with Crippen LogP contribution in [0.3, 0.4) is 0 Å². The van der Waals surface area contributed by atoms with Crippen LogP contribution >= 0.6 is 22.9 Å². The van der Waals surface area contributed by atoms with Gasteiger partial charge in [0.2, 0.25) is 0 Å². The number of nitrogens with one attached hydrogen (secondary N) is 1. The van der Waals surface area contributed by atoms with Crippen molar-refractivity contribution in [1.82, 2.24) is 4.98 Å². The van der Waals surface area contributed by atoms with E-state index in [0.29, 0.717) is 38.5 Å². The van der Waals surface area contributed by atoms with Crippen molar-refractivity contribution in [2.24, 2.45) is 0 Å². The SMILES string of the molecule is COc1cc(OC)c2nc(NC(=O)c3ccc(OC)c(Cl)c3)sc2c1. The van der Waals surface area contributed by atoms with Crippen molar-refractivity contribution in [2.45, 2.75) is 0 Å². The average molecular weight is 379 g/mol. The predicted octanol–water partition coefficient (Wildman–Crippen LogP) is 4.23. The van der Waals surface area contributed by atoms with Gasteiger partial charge in [-0.05, 0) is 24.3 Å². The van der Waals surface area contributed by atoms with E-state index in [1.165, 1.54) is 18.4 Å². The molecule has 0 spiro atoms. The van der Waals surface area contributed by atoms with Gasteiger partial charge >= 0.3 is 0 Å². The fourth-order valence-electron chi connectivity index (χ4n) is 2.28. The van der Waals surface area contributed by atoms with E-state index in [9.17, 15) is 4.79 Å². The lowest BCUT2D eigenvalue weighted by atomic mass is 10.2. The number of benzene rings is 2. The molecule has 25 heavy (non-hydrogen) atoms. The van der Waals surface area contributed by atoms with Crippen molar-refractivity contribution in [3.05, 3.63) is 40.9 Å². The van der Waals surface area contributed by atoms with Gasteiger partial charge in [0.05, 0.1) is 31.1 Å². The van der Waals surface area contributed by atoms with E-state index in [4.69, 9.17) is 25.8 Å². The summed E-state index contributed by atoms with van der Waals surface area (Å²) in [6, 6.07) is 8.42. The number of hydrogen-bond donors (Lipinski definition) is 1. The zero-order valence-corrected chi connectivity index (χ0v) is 15.3. The minimum absolute atomic E-state index is 0.311. The van der Waals surface area contributed by atoms with Gasteiger partial charge in [0, 0.05) is 11.6 Å². The molecule has 0 bridgehead atoms. The molecule has 0 fully saturated rings. The van der Waals surface area contributed by atoms with Crippen LogP contribution in [0, 0.1) is 0 Å². The second kappa shape index (κ2) is 7.16. The molecule has 0 aliphatic carbocycles. The Kier molecular flexibility index (Phi) is 4.96. The zero-order chi connectivity index (χ0) is 18.0. The third-order valence-electron chi connectivity index (χ3n) is 3.52. The summed E-state index contributed by atoms with van der Waals surface area (Å²) < 4.78 is 16.5. The monoisotopic (exact) mass is 378 g/mol. The molecular weight excluding hydrogens is 364 g/mol. The van der Waals surface area contributed by atoms with Gasteiger partial charge in [-0.25, -0.2) is 4.98 Å². The number of fused-ring (bicyclic) bond motifs is 1. The van der Waals surface area contributed by atoms with Crippen molar-refractivity contribution in [3.63, 3.8) is 0 Å². The number of anilines is 1. The van der Waals surface area contributed by atoms with Crippen LogP contribution in [-0.4, -0.2) is 32.2 Å². The van der Waals surface area contributed by atoms with Crippen LogP contribution in [0.4, 0.5) is 5.13 Å². The molecule has 2 aromatic carbocycles. The molecule has 0 radical (unpaired) electrons. The molecule has 3 rings (SSSR count). The molecule has 1 amide bonds. The molecule has 1 heterocycles. The van der Waals surface area contributed by atoms with Crippen molar-refractivity contribution < 1.29 is 19.0 Å². The molecule has 6 nitrogen and oxygen atoms in total. The second-order valence-electron chi connectivity index (χ2n) is 5.00. The van der Waals surface area contributed by atoms with Crippen LogP contribution in [0.2, 0.25) is 5.02 Å². The lowest BCUT2D eigenvalue weighted by molar-refractivity contribution is 0.102. The minimum Gasteiger partial charge on any atom is -0.497 e. The molecule has 0 saturated heterocycles. The number of ether oxygens (including phenoxy) is 3. The Morgan fingerprint density at radius 1 is 1.08 bits per heavy atom. The standard InChI is InChI=1S/C17H15ClN2O4S/c1-22-10-7-13(24-3)15-14(8-10)25-17(19-15)20-16(21)9-4-5-12(23-2)11(18)6-9/h4-8H,1-3H3,(H,19,20,21). The molecule has 1 aromatic heterocycles. The zero-order valence-electron chi connectivity index (χ0n) is 13.8. The lowest BCUT2D eigenvalue weighted by Gasteiger charge is -2.05. The molecule has 8 heteroatoms. The molecule has 3 aromatic rings. The Hall–Kier alpha value is -2.51. The Balaban J connectivity index is 1.89. The second-order valence-corrected chi connectivity index (χ2v) is 6.44. The topological polar surface area (TPSA) is 69.7 Å². The number of nitrogens with zero attached hydrogens (tertiary/aromatic N) is 1. The first-order chi connectivity index (χ1) is 12.0. The van der Waals surface area contributed by atoms with Gasteiger partial charge in [0.15, 0.2) is 5.13 Å². The highest BCUT2D eigenvalue weighted by molar-refractivity contribution is 7.22. The Morgan fingerprint density at radius 2 is 1.84 bits per heavy atom. The van der Waals surface area contributed by atoms with E-state index in [-0.39, 0.29) is 5.91 Å². The van der Waals surface area contributed by atoms with Crippen LogP contribution < -0.4 is 19.5 Å². The third-order valence-corrected chi connectivity index (χ3v) is 4.74. The predicted molar refractivity (Wildman–Crippen MR) is 98.7 cm³/mol. The highest BCUT2D eigenvalue weighted by Crippen LogP contribution is 2.36. The number of carbonyl (C=O) groups is 1. The van der Waals surface area contributed by atoms with Gasteiger partial charge in [-0.2, -0.15) is 0 Å². The largest absolute Gasteiger partial charge is 0.497 e. The summed E-state index contributed by atoms with van der Waals surface area (Å²) in [7, 11) is 4.66. The molecular formula is C17H15ClN2O4S. The number of carbonyl (C=O) groups excluding carboxylic acids is 1. The molecule has 1 N–H and O–H groups in total. The van der Waals surface area contributed by atoms with Gasteiger partial charge in [0.1, 0.15) is 22.8 Å². The van der Waals surface area contributed by atoms with Crippen molar-refractivity contribution in [2.75, 3.05) is 26.6 Å². The van der Waals surface area contributed by atoms with Gasteiger partial charge in [-0.1, -0.05) is 22.9 Å². The van der Waals surface area contributed by atoms with E-state index in [1.54, 1.807) is 38.5 Å². The summed E-state index contributed by atoms with van der Waals surface area (Å²) in [6.07, 6.45) is 0. The maximum atomic E-state index is 12.4. The number of amides is 1. The number of aromatic nitrogens is 1. The van der Waals surface area contributed by atoms with Crippen LogP contribution in [0.25, 0.3) is 10.2 Å². The van der Waals surface area contributed by atoms with Crippen molar-refractivity contribution in [3.8, 4) is 17.2 Å². The molecule has 0 atom stereocenters. The molecule has 0 aliphatic heterocycles. The number of methoxy groups -OCH3 is 3. The van der Waals surface area contributed by atoms with Gasteiger partial charge in [0.25, 0.3) is 5.91 Å². The molecule has 0 unspecified atom stereocenters. The number of hydrogen-bond acceptors (Lipinski definition) is 6. The third kappa shape index (κ3) is 3.47. The van der Waals surface area contributed by atoms with Gasteiger partial charge < -0.3 is 14.2 Å². The molecule has 0 saturated carbocycles. The number of thiazole rings is 1. The number of halogens is 1. The van der Waals surface area contributed by atoms with Gasteiger partial charge in [-0.15, -0.1) is 0 Å². The highest BCUT2D eigenvalue weighted by Gasteiger charge is 2.15. The average Bonchev–Trinajstić information content (AvgIpc) is 3.02. The molecule has 130 valence electrons. The smallest absolute Gasteiger partial charge is 0.257 e. The Bertz CT molecular complexity index is 942. The summed E-state index contributed by atoms with van der Waals surface area (Å²) >= 11 is 7.40. The van der Waals surface area contributed by atoms with Crippen LogP contribution in [0.1, 0.15) is 10.4 Å². The first kappa shape index (κ1) is 17.3. The Labute approximate surface area is 153 Å². The summed E-state index contributed by atoms with van der Waals surface area (Å²) in [5, 5.41) is 3.60. The fourth-order valence-corrected chi connectivity index (χ4v) is 3.44. The van der Waals surface area contributed by atoms with Gasteiger partial charge in [-0.3, -0.25) is 10.1 Å². The van der Waals surface area contributed by atoms with E-state index in [2.05, 4.69) is 10.3 Å². The minimum atomic E-state index is -0.311. The first-order valence-electron chi connectivity index (χ1n) is 7.23. The van der Waals surface area contributed by atoms with Crippen LogP contribution in [0.15, 0.2) is 30.3 Å². The summed E-state index contributed by atoms with van der Waals surface area (Å²) in [4.78, 5) is 16.8. The van der Waals surface area contributed by atoms with E-state index < -0.39 is 0 Å². The first-order valence-corrected chi connectivity index (χ1v) is 8.42. The maximum absolute atomic E-state index is 12.4. The maximum Gasteiger partial charge on any atom is 0.257 e. The van der Waals surface area contributed by atoms with E-state index in [0.717, 1.165) is 4.70 Å². The number of rotatable bonds is 5. The van der Waals surface area contributed by atoms with Crippen molar-refractivity contribution in [1.29, 1.82) is 0 Å². The van der Waals surface area contributed by atoms with E-state index in [1.807, 2.05) is 6.07 Å². The van der Waals surface area contributed by atoms with E-state index >= 15 is 0 Å². The summed E-state index contributed by atoms with van der Waals surface area (Å²) in [5.41, 5.74) is 1.07. The summed E-state index contributed by atoms with van der Waals surface area (Å²) in [6.45, 7) is 0. The fraction of sp³-hybridized carbons (Fsp3) is 0.176. The van der Waals surface area contributed by atoms with Crippen molar-refractivity contribution >= 4 is 44.2 Å². The normalized spacial score (nSPS) is 10.6. The molecule has 0 aliphatic rings. The van der Waals surface area contributed by atoms with Crippen LogP contribution in [0.5, 0.6) is 17.2 Å². The summed E-state index contributed by atoms with van der Waals surface area (Å²) in [5.74, 6) is 1.44. The lowest BCUT2D eigenvalue weighted by Crippen LogP contribution is -2.11. The Morgan fingerprint density at radius 3 is 2.48 bits per heavy atom. The van der Waals surface area contributed by atoms with Crippen LogP contribution in [-0.2, 0) is 0 Å². The highest BCUT2D eigenvalue weighted by atomic mass is 35.5. The quantitative estimate of drug-likeness (QED) is 0.719.